The summed E-state index contributed by atoms with van der Waals surface area (Å²) >= 11 is 0. The van der Waals surface area contributed by atoms with Crippen LogP contribution in [0, 0.1) is 11.3 Å². The van der Waals surface area contributed by atoms with Crippen LogP contribution in [0.2, 0.25) is 0 Å². The van der Waals surface area contributed by atoms with Crippen molar-refractivity contribution >= 4 is 5.69 Å². The van der Waals surface area contributed by atoms with E-state index in [-0.39, 0.29) is 6.54 Å². The molecular formula is C11H15N3O2. The Morgan fingerprint density at radius 1 is 1.50 bits per heavy atom. The maximum Gasteiger partial charge on any atom is 0.106 e. The fourth-order valence-corrected chi connectivity index (χ4v) is 1.41. The molecule has 0 fully saturated rings. The molecule has 1 rings (SSSR count). The highest BCUT2D eigenvalue weighted by Crippen LogP contribution is 2.21. The summed E-state index contributed by atoms with van der Waals surface area (Å²) < 4.78 is 0. The Balaban J connectivity index is 2.89. The minimum atomic E-state index is -1.01. The van der Waals surface area contributed by atoms with Gasteiger partial charge in [0.1, 0.15) is 12.2 Å². The highest BCUT2D eigenvalue weighted by atomic mass is 16.3. The Hall–Kier alpha value is -1.61. The molecule has 5 N–H and O–H groups in total. The van der Waals surface area contributed by atoms with Crippen molar-refractivity contribution in [2.75, 3.05) is 19.3 Å². The lowest BCUT2D eigenvalue weighted by molar-refractivity contribution is 0.0203. The van der Waals surface area contributed by atoms with E-state index in [0.29, 0.717) is 16.8 Å². The van der Waals surface area contributed by atoms with E-state index in [1.165, 1.54) is 12.1 Å². The second-order valence-corrected chi connectivity index (χ2v) is 3.53. The monoisotopic (exact) mass is 221 g/mol. The fourth-order valence-electron chi connectivity index (χ4n) is 1.41. The molecule has 1 aromatic rings. The van der Waals surface area contributed by atoms with Crippen molar-refractivity contribution in [1.82, 2.24) is 5.32 Å². The zero-order chi connectivity index (χ0) is 12.1. The maximum absolute atomic E-state index is 9.78. The quantitative estimate of drug-likeness (QED) is 0.525. The molecule has 2 unspecified atom stereocenters. The van der Waals surface area contributed by atoms with Gasteiger partial charge in [-0.15, -0.1) is 0 Å². The lowest BCUT2D eigenvalue weighted by Gasteiger charge is -2.18. The first kappa shape index (κ1) is 12.5. The first-order chi connectivity index (χ1) is 7.60. The molecule has 16 heavy (non-hydrogen) atoms. The SMILES string of the molecule is CNCC(O)C(O)c1ccc(C#N)c(N)c1. The first-order valence-corrected chi connectivity index (χ1v) is 4.90. The van der Waals surface area contributed by atoms with Crippen molar-refractivity contribution in [2.45, 2.75) is 12.2 Å². The Morgan fingerprint density at radius 2 is 2.19 bits per heavy atom. The van der Waals surface area contributed by atoms with Crippen LogP contribution in [-0.4, -0.2) is 29.9 Å². The van der Waals surface area contributed by atoms with Gasteiger partial charge in [-0.3, -0.25) is 0 Å². The fraction of sp³-hybridized carbons (Fsp3) is 0.364. The summed E-state index contributed by atoms with van der Waals surface area (Å²) in [4.78, 5) is 0. The summed E-state index contributed by atoms with van der Waals surface area (Å²) in [6.45, 7) is 0.279. The second-order valence-electron chi connectivity index (χ2n) is 3.53. The zero-order valence-electron chi connectivity index (χ0n) is 9.01. The molecule has 5 heteroatoms. The number of benzene rings is 1. The van der Waals surface area contributed by atoms with Crippen LogP contribution in [0.5, 0.6) is 0 Å². The standard InChI is InChI=1S/C11H15N3O2/c1-14-6-10(15)11(16)7-2-3-8(5-12)9(13)4-7/h2-4,10-11,14-16H,6,13H2,1H3. The smallest absolute Gasteiger partial charge is 0.106 e. The van der Waals surface area contributed by atoms with Crippen LogP contribution in [0.4, 0.5) is 5.69 Å². The van der Waals surface area contributed by atoms with Gasteiger partial charge >= 0.3 is 0 Å². The van der Waals surface area contributed by atoms with Gasteiger partial charge in [-0.1, -0.05) is 6.07 Å². The Kier molecular flexibility index (Phi) is 4.26. The largest absolute Gasteiger partial charge is 0.398 e. The number of anilines is 1. The Morgan fingerprint density at radius 3 is 2.69 bits per heavy atom. The van der Waals surface area contributed by atoms with E-state index in [9.17, 15) is 10.2 Å². The molecule has 0 amide bonds. The molecule has 0 heterocycles. The minimum absolute atomic E-state index is 0.279. The highest BCUT2D eigenvalue weighted by Gasteiger charge is 2.18. The number of aliphatic hydroxyl groups is 2. The van der Waals surface area contributed by atoms with Gasteiger partial charge in [-0.2, -0.15) is 5.26 Å². The molecule has 0 aromatic heterocycles. The summed E-state index contributed by atoms with van der Waals surface area (Å²) in [6.07, 6.45) is -1.92. The second kappa shape index (κ2) is 5.47. The van der Waals surface area contributed by atoms with Crippen molar-refractivity contribution in [1.29, 1.82) is 5.26 Å². The van der Waals surface area contributed by atoms with Gasteiger partial charge in [-0.05, 0) is 24.7 Å². The number of rotatable bonds is 4. The van der Waals surface area contributed by atoms with E-state index in [1.807, 2.05) is 6.07 Å². The summed E-state index contributed by atoms with van der Waals surface area (Å²) in [7, 11) is 1.68. The van der Waals surface area contributed by atoms with Crippen LogP contribution < -0.4 is 11.1 Å². The van der Waals surface area contributed by atoms with Crippen LogP contribution in [-0.2, 0) is 0 Å². The summed E-state index contributed by atoms with van der Waals surface area (Å²) in [5.74, 6) is 0. The van der Waals surface area contributed by atoms with Crippen molar-refractivity contribution in [3.05, 3.63) is 29.3 Å². The molecule has 0 aliphatic heterocycles. The highest BCUT2D eigenvalue weighted by molar-refractivity contribution is 5.55. The molecule has 1 aromatic carbocycles. The van der Waals surface area contributed by atoms with Crippen LogP contribution in [0.15, 0.2) is 18.2 Å². The predicted molar refractivity (Wildman–Crippen MR) is 60.5 cm³/mol. The average molecular weight is 221 g/mol. The van der Waals surface area contributed by atoms with Crippen LogP contribution in [0.3, 0.4) is 0 Å². The van der Waals surface area contributed by atoms with Crippen molar-refractivity contribution in [2.24, 2.45) is 0 Å². The van der Waals surface area contributed by atoms with E-state index in [2.05, 4.69) is 5.32 Å². The van der Waals surface area contributed by atoms with E-state index >= 15 is 0 Å². The Bertz CT molecular complexity index is 401. The lowest BCUT2D eigenvalue weighted by atomic mass is 10.0. The number of hydrogen-bond acceptors (Lipinski definition) is 5. The van der Waals surface area contributed by atoms with Crippen molar-refractivity contribution < 1.29 is 10.2 Å². The minimum Gasteiger partial charge on any atom is -0.398 e. The van der Waals surface area contributed by atoms with Crippen LogP contribution >= 0.6 is 0 Å². The van der Waals surface area contributed by atoms with Gasteiger partial charge in [0.25, 0.3) is 0 Å². The van der Waals surface area contributed by atoms with E-state index in [4.69, 9.17) is 11.0 Å². The molecule has 0 bridgehead atoms. The van der Waals surface area contributed by atoms with E-state index in [0.717, 1.165) is 0 Å². The summed E-state index contributed by atoms with van der Waals surface area (Å²) in [5, 5.41) is 30.8. The number of nitriles is 1. The van der Waals surface area contributed by atoms with Crippen LogP contribution in [0.25, 0.3) is 0 Å². The summed E-state index contributed by atoms with van der Waals surface area (Å²) in [6, 6.07) is 6.55. The molecule has 0 aliphatic rings. The van der Waals surface area contributed by atoms with E-state index in [1.54, 1.807) is 13.1 Å². The number of nitrogens with zero attached hydrogens (tertiary/aromatic N) is 1. The van der Waals surface area contributed by atoms with Crippen molar-refractivity contribution in [3.63, 3.8) is 0 Å². The van der Waals surface area contributed by atoms with Gasteiger partial charge in [0.2, 0.25) is 0 Å². The molecule has 0 saturated carbocycles. The Labute approximate surface area is 94.1 Å². The number of hydrogen-bond donors (Lipinski definition) is 4. The molecule has 0 spiro atoms. The molecule has 0 aliphatic carbocycles. The normalized spacial score (nSPS) is 14.1. The number of aliphatic hydroxyl groups excluding tert-OH is 2. The molecule has 0 saturated heterocycles. The predicted octanol–water partition coefficient (Wildman–Crippen LogP) is -0.246. The van der Waals surface area contributed by atoms with Gasteiger partial charge in [-0.25, -0.2) is 0 Å². The average Bonchev–Trinajstić information content (AvgIpc) is 2.28. The molecular weight excluding hydrogens is 206 g/mol. The number of likely N-dealkylation sites (N-methyl/N-ethyl adjacent to an activating group) is 1. The van der Waals surface area contributed by atoms with Gasteiger partial charge in [0.15, 0.2) is 0 Å². The van der Waals surface area contributed by atoms with Gasteiger partial charge < -0.3 is 21.3 Å². The third-order valence-corrected chi connectivity index (χ3v) is 2.32. The van der Waals surface area contributed by atoms with Gasteiger partial charge in [0, 0.05) is 12.2 Å². The van der Waals surface area contributed by atoms with Crippen LogP contribution in [0.1, 0.15) is 17.2 Å². The molecule has 0 radical (unpaired) electrons. The zero-order valence-corrected chi connectivity index (χ0v) is 9.01. The maximum atomic E-state index is 9.78. The lowest BCUT2D eigenvalue weighted by Crippen LogP contribution is -2.29. The molecule has 86 valence electrons. The molecule has 2 atom stereocenters. The number of nitrogens with one attached hydrogen (secondary N) is 1. The van der Waals surface area contributed by atoms with E-state index < -0.39 is 12.2 Å². The van der Waals surface area contributed by atoms with Crippen molar-refractivity contribution in [3.8, 4) is 6.07 Å². The third-order valence-electron chi connectivity index (χ3n) is 2.32. The molecule has 5 nitrogen and oxygen atoms in total. The first-order valence-electron chi connectivity index (χ1n) is 4.90. The number of nitrogens with two attached hydrogens (primary N) is 1. The third kappa shape index (κ3) is 2.70. The van der Waals surface area contributed by atoms with Gasteiger partial charge in [0.05, 0.1) is 11.7 Å². The number of nitrogen functional groups attached to an aromatic ring is 1. The summed E-state index contributed by atoms with van der Waals surface area (Å²) in [5.41, 5.74) is 6.77. The topological polar surface area (TPSA) is 102 Å².